The van der Waals surface area contributed by atoms with Crippen LogP contribution >= 0.6 is 0 Å². The Kier molecular flexibility index (Phi) is 14.3. The van der Waals surface area contributed by atoms with Crippen LogP contribution in [0.3, 0.4) is 0 Å². The molecule has 0 aromatic heterocycles. The summed E-state index contributed by atoms with van der Waals surface area (Å²) in [7, 11) is 0. The number of hydrogen-bond acceptors (Lipinski definition) is 0. The van der Waals surface area contributed by atoms with Gasteiger partial charge in [0.05, 0.1) is 0 Å². The zero-order valence-electron chi connectivity index (χ0n) is 16.5. The fourth-order valence-electron chi connectivity index (χ4n) is 3.02. The molecule has 134 valence electrons. The molecule has 1 aliphatic carbocycles. The van der Waals surface area contributed by atoms with Crippen LogP contribution < -0.4 is 0 Å². The topological polar surface area (TPSA) is 0 Å². The van der Waals surface area contributed by atoms with E-state index in [1.54, 1.807) is 0 Å². The molecular formula is C23H42. The Balaban J connectivity index is 0.000000468. The molecule has 0 aromatic carbocycles. The summed E-state index contributed by atoms with van der Waals surface area (Å²) in [6.45, 7) is 16.4. The van der Waals surface area contributed by atoms with Crippen LogP contribution in [-0.2, 0) is 0 Å². The van der Waals surface area contributed by atoms with E-state index < -0.39 is 0 Å². The zero-order chi connectivity index (χ0) is 17.5. The van der Waals surface area contributed by atoms with Gasteiger partial charge in [0.15, 0.2) is 0 Å². The highest BCUT2D eigenvalue weighted by molar-refractivity contribution is 4.93. The van der Waals surface area contributed by atoms with Crippen LogP contribution in [0.15, 0.2) is 36.5 Å². The predicted octanol–water partition coefficient (Wildman–Crippen LogP) is 8.26. The van der Waals surface area contributed by atoms with Gasteiger partial charge in [0, 0.05) is 0 Å². The lowest BCUT2D eigenvalue weighted by Gasteiger charge is -2.07. The fourth-order valence-corrected chi connectivity index (χ4v) is 3.02. The predicted molar refractivity (Wildman–Crippen MR) is 108 cm³/mol. The van der Waals surface area contributed by atoms with Crippen molar-refractivity contribution in [2.45, 2.75) is 98.3 Å². The lowest BCUT2D eigenvalue weighted by molar-refractivity contribution is 0.510. The first kappa shape index (κ1) is 22.2. The molecule has 0 nitrogen and oxygen atoms in total. The Morgan fingerprint density at radius 2 is 1.61 bits per heavy atom. The molecule has 0 spiro atoms. The summed E-state index contributed by atoms with van der Waals surface area (Å²) >= 11 is 0. The summed E-state index contributed by atoms with van der Waals surface area (Å²) in [5.74, 6) is 1.82. The molecule has 0 heteroatoms. The second-order valence-electron chi connectivity index (χ2n) is 7.72. The third-order valence-electron chi connectivity index (χ3n) is 4.60. The number of unbranched alkanes of at least 4 members (excludes halogenated alkanes) is 1. The highest BCUT2D eigenvalue weighted by atomic mass is 14.2. The minimum absolute atomic E-state index is 0.896. The van der Waals surface area contributed by atoms with Gasteiger partial charge < -0.3 is 0 Å². The van der Waals surface area contributed by atoms with Crippen molar-refractivity contribution in [2.75, 3.05) is 0 Å². The van der Waals surface area contributed by atoms with Gasteiger partial charge in [-0.15, -0.1) is 13.2 Å². The fraction of sp³-hybridized carbons (Fsp3) is 0.739. The van der Waals surface area contributed by atoms with E-state index in [1.165, 1.54) is 68.9 Å². The van der Waals surface area contributed by atoms with Crippen molar-refractivity contribution in [3.63, 3.8) is 0 Å². The van der Waals surface area contributed by atoms with Gasteiger partial charge >= 0.3 is 0 Å². The monoisotopic (exact) mass is 318 g/mol. The summed E-state index contributed by atoms with van der Waals surface area (Å²) < 4.78 is 0. The summed E-state index contributed by atoms with van der Waals surface area (Å²) in [5.41, 5.74) is 2.55. The first-order chi connectivity index (χ1) is 11.0. The molecule has 1 rings (SSSR count). The Bertz CT molecular complexity index is 314. The summed E-state index contributed by atoms with van der Waals surface area (Å²) in [6, 6.07) is 0. The Morgan fingerprint density at radius 1 is 1.04 bits per heavy atom. The van der Waals surface area contributed by atoms with Gasteiger partial charge in [-0.3, -0.25) is 0 Å². The van der Waals surface area contributed by atoms with Crippen molar-refractivity contribution in [3.05, 3.63) is 36.5 Å². The van der Waals surface area contributed by atoms with E-state index in [0.717, 1.165) is 24.7 Å². The maximum atomic E-state index is 3.82. The molecular weight excluding hydrogens is 276 g/mol. The molecule has 0 N–H and O–H groups in total. The zero-order valence-corrected chi connectivity index (χ0v) is 16.5. The van der Waals surface area contributed by atoms with Gasteiger partial charge in [0.25, 0.3) is 0 Å². The first-order valence-electron chi connectivity index (χ1n) is 9.91. The number of hydrogen-bond donors (Lipinski definition) is 0. The van der Waals surface area contributed by atoms with Crippen LogP contribution in [0, 0.1) is 11.8 Å². The maximum absolute atomic E-state index is 3.82. The molecule has 0 aliphatic heterocycles. The third kappa shape index (κ3) is 15.9. The highest BCUT2D eigenvalue weighted by Gasteiger charge is 2.10. The SMILES string of the molecule is C=C(C)CCCC(=C)C.CCCCC(C)C/C=C/C1CCCC1. The van der Waals surface area contributed by atoms with Crippen molar-refractivity contribution in [1.29, 1.82) is 0 Å². The van der Waals surface area contributed by atoms with E-state index in [9.17, 15) is 0 Å². The van der Waals surface area contributed by atoms with Gasteiger partial charge in [-0.25, -0.2) is 0 Å². The van der Waals surface area contributed by atoms with Crippen molar-refractivity contribution < 1.29 is 0 Å². The smallest absolute Gasteiger partial charge is 0.0234 e. The van der Waals surface area contributed by atoms with Crippen molar-refractivity contribution in [1.82, 2.24) is 0 Å². The van der Waals surface area contributed by atoms with Crippen molar-refractivity contribution in [3.8, 4) is 0 Å². The standard InChI is InChI=1S/C14H26.C9H16/c1-3-4-8-13(2)9-7-12-14-10-5-6-11-14;1-8(2)6-5-7-9(3)4/h7,12-14H,3-6,8-11H2,1-2H3;1,3,5-7H2,2,4H3/b12-7+;. The van der Waals surface area contributed by atoms with Crippen molar-refractivity contribution >= 4 is 0 Å². The molecule has 0 amide bonds. The molecule has 1 aliphatic rings. The number of rotatable bonds is 10. The van der Waals surface area contributed by atoms with Crippen LogP contribution in [0.5, 0.6) is 0 Å². The summed E-state index contributed by atoms with van der Waals surface area (Å²) in [6.07, 6.45) is 19.7. The number of allylic oxidation sites excluding steroid dienone is 4. The van der Waals surface area contributed by atoms with Crippen LogP contribution in [-0.4, -0.2) is 0 Å². The van der Waals surface area contributed by atoms with Crippen LogP contribution in [0.25, 0.3) is 0 Å². The van der Waals surface area contributed by atoms with Gasteiger partial charge in [-0.1, -0.05) is 69.2 Å². The van der Waals surface area contributed by atoms with E-state index >= 15 is 0 Å². The maximum Gasteiger partial charge on any atom is -0.0234 e. The quantitative estimate of drug-likeness (QED) is 0.356. The normalized spacial score (nSPS) is 16.2. The minimum atomic E-state index is 0.896. The van der Waals surface area contributed by atoms with Crippen LogP contribution in [0.1, 0.15) is 98.3 Å². The Hall–Kier alpha value is -0.780. The molecule has 0 radical (unpaired) electrons. The lowest BCUT2D eigenvalue weighted by atomic mass is 9.99. The first-order valence-corrected chi connectivity index (χ1v) is 9.91. The second-order valence-corrected chi connectivity index (χ2v) is 7.72. The van der Waals surface area contributed by atoms with E-state index in [0.29, 0.717) is 0 Å². The molecule has 1 atom stereocenters. The van der Waals surface area contributed by atoms with Crippen LogP contribution in [0.2, 0.25) is 0 Å². The summed E-state index contributed by atoms with van der Waals surface area (Å²) in [5, 5.41) is 0. The molecule has 1 unspecified atom stereocenters. The van der Waals surface area contributed by atoms with Gasteiger partial charge in [0.2, 0.25) is 0 Å². The van der Waals surface area contributed by atoms with Gasteiger partial charge in [-0.2, -0.15) is 0 Å². The van der Waals surface area contributed by atoms with Crippen molar-refractivity contribution in [2.24, 2.45) is 11.8 Å². The average molecular weight is 319 g/mol. The molecule has 0 aromatic rings. The molecule has 0 bridgehead atoms. The molecule has 1 saturated carbocycles. The van der Waals surface area contributed by atoms with Crippen LogP contribution in [0.4, 0.5) is 0 Å². The van der Waals surface area contributed by atoms with E-state index in [2.05, 4.69) is 53.0 Å². The minimum Gasteiger partial charge on any atom is -0.100 e. The molecule has 0 saturated heterocycles. The van der Waals surface area contributed by atoms with Gasteiger partial charge in [-0.05, 0) is 64.2 Å². The Morgan fingerprint density at radius 3 is 2.09 bits per heavy atom. The molecule has 0 heterocycles. The second kappa shape index (κ2) is 14.8. The van der Waals surface area contributed by atoms with E-state index in [-0.39, 0.29) is 0 Å². The van der Waals surface area contributed by atoms with E-state index in [4.69, 9.17) is 0 Å². The summed E-state index contributed by atoms with van der Waals surface area (Å²) in [4.78, 5) is 0. The average Bonchev–Trinajstić information content (AvgIpc) is 2.98. The lowest BCUT2D eigenvalue weighted by Crippen LogP contribution is -1.93. The Labute approximate surface area is 147 Å². The molecule has 23 heavy (non-hydrogen) atoms. The third-order valence-corrected chi connectivity index (χ3v) is 4.60. The largest absolute Gasteiger partial charge is 0.100 e. The van der Waals surface area contributed by atoms with E-state index in [1.807, 2.05) is 0 Å². The van der Waals surface area contributed by atoms with Gasteiger partial charge in [0.1, 0.15) is 0 Å². The molecule has 1 fully saturated rings. The highest BCUT2D eigenvalue weighted by Crippen LogP contribution is 2.26.